The zero-order valence-corrected chi connectivity index (χ0v) is 15.8. The van der Waals surface area contributed by atoms with Gasteiger partial charge in [0.15, 0.2) is 0 Å². The van der Waals surface area contributed by atoms with Crippen LogP contribution in [0, 0.1) is 0 Å². The van der Waals surface area contributed by atoms with Gasteiger partial charge in [0.2, 0.25) is 0 Å². The van der Waals surface area contributed by atoms with Gasteiger partial charge in [0.25, 0.3) is 11.7 Å². The fourth-order valence-electron chi connectivity index (χ4n) is 3.54. The van der Waals surface area contributed by atoms with E-state index in [-0.39, 0.29) is 11.3 Å². The highest BCUT2D eigenvalue weighted by molar-refractivity contribution is 6.51. The summed E-state index contributed by atoms with van der Waals surface area (Å²) >= 11 is 0. The molecule has 0 aliphatic carbocycles. The van der Waals surface area contributed by atoms with E-state index in [4.69, 9.17) is 4.74 Å². The van der Waals surface area contributed by atoms with E-state index in [2.05, 4.69) is 0 Å². The normalized spacial score (nSPS) is 18.1. The Labute approximate surface area is 168 Å². The van der Waals surface area contributed by atoms with E-state index in [9.17, 15) is 14.7 Å². The first-order chi connectivity index (χ1) is 14.1. The molecule has 5 heteroatoms. The van der Waals surface area contributed by atoms with Gasteiger partial charge in [0.05, 0.1) is 18.7 Å². The minimum absolute atomic E-state index is 0.0650. The van der Waals surface area contributed by atoms with Crippen LogP contribution in [0.25, 0.3) is 5.76 Å². The van der Waals surface area contributed by atoms with Gasteiger partial charge in [0, 0.05) is 11.3 Å². The number of aliphatic hydroxyl groups excluding tert-OH is 1. The predicted molar refractivity (Wildman–Crippen MR) is 111 cm³/mol. The van der Waals surface area contributed by atoms with Crippen molar-refractivity contribution in [2.75, 3.05) is 12.0 Å². The molecule has 0 spiro atoms. The van der Waals surface area contributed by atoms with Gasteiger partial charge in [-0.3, -0.25) is 14.5 Å². The number of para-hydroxylation sites is 1. The Morgan fingerprint density at radius 1 is 0.862 bits per heavy atom. The van der Waals surface area contributed by atoms with Gasteiger partial charge in [-0.25, -0.2) is 0 Å². The number of hydrogen-bond acceptors (Lipinski definition) is 4. The van der Waals surface area contributed by atoms with Crippen molar-refractivity contribution in [3.63, 3.8) is 0 Å². The summed E-state index contributed by atoms with van der Waals surface area (Å²) in [6, 6.07) is 24.2. The van der Waals surface area contributed by atoms with Crippen LogP contribution in [0.3, 0.4) is 0 Å². The first kappa shape index (κ1) is 18.5. The van der Waals surface area contributed by atoms with Crippen LogP contribution in [0.1, 0.15) is 17.2 Å². The molecule has 1 heterocycles. The molecule has 0 radical (unpaired) electrons. The molecule has 1 aliphatic rings. The third-order valence-corrected chi connectivity index (χ3v) is 4.96. The number of nitrogens with zero attached hydrogens (tertiary/aromatic N) is 1. The minimum atomic E-state index is -0.722. The van der Waals surface area contributed by atoms with Crippen LogP contribution in [0.4, 0.5) is 5.69 Å². The quantitative estimate of drug-likeness (QED) is 0.413. The molecule has 0 bridgehead atoms. The van der Waals surface area contributed by atoms with E-state index in [1.165, 1.54) is 4.90 Å². The molecule has 0 saturated carbocycles. The number of methoxy groups -OCH3 is 1. The molecule has 5 nitrogen and oxygen atoms in total. The molecule has 1 atom stereocenters. The Balaban J connectivity index is 1.91. The summed E-state index contributed by atoms with van der Waals surface area (Å²) in [4.78, 5) is 27.4. The summed E-state index contributed by atoms with van der Waals surface area (Å²) in [6.07, 6.45) is 0. The fourth-order valence-corrected chi connectivity index (χ4v) is 3.54. The second-order valence-corrected chi connectivity index (χ2v) is 6.64. The molecule has 1 N–H and O–H groups in total. The SMILES string of the molecule is COc1ccc(C(O)=C2C(=O)C(=O)N(c3ccccc3)[C@H]2c2ccccc2)cc1. The smallest absolute Gasteiger partial charge is 0.300 e. The van der Waals surface area contributed by atoms with Crippen molar-refractivity contribution in [2.45, 2.75) is 6.04 Å². The van der Waals surface area contributed by atoms with Gasteiger partial charge >= 0.3 is 0 Å². The van der Waals surface area contributed by atoms with Crippen LogP contribution < -0.4 is 9.64 Å². The first-order valence-electron chi connectivity index (χ1n) is 9.17. The third-order valence-electron chi connectivity index (χ3n) is 4.96. The Hall–Kier alpha value is -3.86. The summed E-state index contributed by atoms with van der Waals surface area (Å²) in [5.74, 6) is -0.958. The molecule has 29 heavy (non-hydrogen) atoms. The van der Waals surface area contributed by atoms with Crippen molar-refractivity contribution in [3.05, 3.63) is 102 Å². The number of amides is 1. The Morgan fingerprint density at radius 3 is 2.03 bits per heavy atom. The maximum atomic E-state index is 13.0. The standard InChI is InChI=1S/C24H19NO4/c1-29-19-14-12-17(13-15-19)22(26)20-21(16-8-4-2-5-9-16)25(24(28)23(20)27)18-10-6-3-7-11-18/h2-15,21,26H,1H3/t21-/m0/s1. The van der Waals surface area contributed by atoms with Crippen LogP contribution in [0.2, 0.25) is 0 Å². The van der Waals surface area contributed by atoms with E-state index in [1.807, 2.05) is 36.4 Å². The van der Waals surface area contributed by atoms with Crippen molar-refractivity contribution in [3.8, 4) is 5.75 Å². The van der Waals surface area contributed by atoms with E-state index in [0.29, 0.717) is 17.0 Å². The lowest BCUT2D eigenvalue weighted by atomic mass is 9.95. The van der Waals surface area contributed by atoms with Gasteiger partial charge in [-0.15, -0.1) is 0 Å². The van der Waals surface area contributed by atoms with Gasteiger partial charge in [-0.2, -0.15) is 0 Å². The van der Waals surface area contributed by atoms with Gasteiger partial charge in [0.1, 0.15) is 11.5 Å². The second kappa shape index (κ2) is 7.64. The molecule has 3 aromatic rings. The number of carbonyl (C=O) groups is 2. The fraction of sp³-hybridized carbons (Fsp3) is 0.0833. The lowest BCUT2D eigenvalue weighted by Gasteiger charge is -2.25. The Morgan fingerprint density at radius 2 is 1.45 bits per heavy atom. The van der Waals surface area contributed by atoms with Gasteiger partial charge in [-0.1, -0.05) is 48.5 Å². The van der Waals surface area contributed by atoms with E-state index in [0.717, 1.165) is 5.56 Å². The van der Waals surface area contributed by atoms with Crippen molar-refractivity contribution < 1.29 is 19.4 Å². The molecule has 1 amide bonds. The average molecular weight is 385 g/mol. The van der Waals surface area contributed by atoms with Crippen LogP contribution in [0.5, 0.6) is 5.75 Å². The molecule has 4 rings (SSSR count). The molecule has 0 unspecified atom stereocenters. The zero-order chi connectivity index (χ0) is 20.4. The van der Waals surface area contributed by atoms with Gasteiger partial charge < -0.3 is 9.84 Å². The zero-order valence-electron chi connectivity index (χ0n) is 15.8. The van der Waals surface area contributed by atoms with Crippen LogP contribution in [0.15, 0.2) is 90.5 Å². The highest BCUT2D eigenvalue weighted by Gasteiger charge is 2.46. The number of benzene rings is 3. The molecular formula is C24H19NO4. The lowest BCUT2D eigenvalue weighted by Crippen LogP contribution is -2.29. The van der Waals surface area contributed by atoms with E-state index < -0.39 is 17.7 Å². The van der Waals surface area contributed by atoms with Crippen LogP contribution >= 0.6 is 0 Å². The summed E-state index contributed by atoms with van der Waals surface area (Å²) in [7, 11) is 1.55. The summed E-state index contributed by atoms with van der Waals surface area (Å²) in [5, 5.41) is 11.0. The van der Waals surface area contributed by atoms with Crippen molar-refractivity contribution in [1.82, 2.24) is 0 Å². The molecule has 0 aromatic heterocycles. The summed E-state index contributed by atoms with van der Waals surface area (Å²) < 4.78 is 5.15. The lowest BCUT2D eigenvalue weighted by molar-refractivity contribution is -0.132. The third kappa shape index (κ3) is 3.27. The van der Waals surface area contributed by atoms with Crippen molar-refractivity contribution in [1.29, 1.82) is 0 Å². The van der Waals surface area contributed by atoms with E-state index in [1.54, 1.807) is 55.6 Å². The molecule has 1 fully saturated rings. The number of rotatable bonds is 4. The Bertz CT molecular complexity index is 1070. The minimum Gasteiger partial charge on any atom is -0.507 e. The molecule has 1 saturated heterocycles. The number of hydrogen-bond donors (Lipinski definition) is 1. The largest absolute Gasteiger partial charge is 0.507 e. The predicted octanol–water partition coefficient (Wildman–Crippen LogP) is 4.32. The second-order valence-electron chi connectivity index (χ2n) is 6.64. The molecule has 144 valence electrons. The number of ether oxygens (including phenoxy) is 1. The summed E-state index contributed by atoms with van der Waals surface area (Å²) in [6.45, 7) is 0. The maximum absolute atomic E-state index is 13.0. The number of aliphatic hydroxyl groups is 1. The number of carbonyl (C=O) groups excluding carboxylic acids is 2. The first-order valence-corrected chi connectivity index (χ1v) is 9.17. The van der Waals surface area contributed by atoms with E-state index >= 15 is 0 Å². The Kier molecular flexibility index (Phi) is 4.87. The van der Waals surface area contributed by atoms with Gasteiger partial charge in [-0.05, 0) is 42.0 Å². The highest BCUT2D eigenvalue weighted by Crippen LogP contribution is 2.42. The van der Waals surface area contributed by atoms with Crippen LogP contribution in [-0.4, -0.2) is 23.9 Å². The average Bonchev–Trinajstić information content (AvgIpc) is 3.05. The molecule has 3 aromatic carbocycles. The molecule has 1 aliphatic heterocycles. The highest BCUT2D eigenvalue weighted by atomic mass is 16.5. The number of ketones is 1. The van der Waals surface area contributed by atoms with Crippen molar-refractivity contribution >= 4 is 23.1 Å². The monoisotopic (exact) mass is 385 g/mol. The molecular weight excluding hydrogens is 366 g/mol. The maximum Gasteiger partial charge on any atom is 0.300 e. The summed E-state index contributed by atoms with van der Waals surface area (Å²) in [5.41, 5.74) is 1.84. The van der Waals surface area contributed by atoms with Crippen LogP contribution in [-0.2, 0) is 9.59 Å². The topological polar surface area (TPSA) is 66.8 Å². The van der Waals surface area contributed by atoms with Crippen molar-refractivity contribution in [2.24, 2.45) is 0 Å². The number of Topliss-reactive ketones (excluding diaryl/α,β-unsaturated/α-hetero) is 1. The number of anilines is 1.